The molecule has 29 heavy (non-hydrogen) atoms. The van der Waals surface area contributed by atoms with Crippen LogP contribution in [-0.4, -0.2) is 25.7 Å². The second-order valence-electron chi connectivity index (χ2n) is 7.00. The molecule has 0 fully saturated rings. The molecule has 7 nitrogen and oxygen atoms in total. The first kappa shape index (κ1) is 18.9. The number of carbonyl (C=O) groups is 1. The van der Waals surface area contributed by atoms with Crippen LogP contribution in [-0.2, 0) is 29.8 Å². The van der Waals surface area contributed by atoms with E-state index in [-0.39, 0.29) is 11.9 Å². The van der Waals surface area contributed by atoms with Crippen molar-refractivity contribution in [2.75, 3.05) is 0 Å². The van der Waals surface area contributed by atoms with Crippen LogP contribution in [0.3, 0.4) is 0 Å². The molecule has 1 amide bonds. The van der Waals surface area contributed by atoms with Crippen molar-refractivity contribution in [2.45, 2.75) is 26.2 Å². The third kappa shape index (κ3) is 4.35. The number of aromatic amines is 1. The van der Waals surface area contributed by atoms with Crippen molar-refractivity contribution in [1.82, 2.24) is 25.1 Å². The van der Waals surface area contributed by atoms with Gasteiger partial charge < -0.3 is 15.0 Å². The van der Waals surface area contributed by atoms with E-state index in [9.17, 15) is 4.79 Å². The van der Waals surface area contributed by atoms with E-state index in [1.807, 2.05) is 49.5 Å². The number of nitrogens with one attached hydrogen (secondary N) is 2. The fourth-order valence-corrected chi connectivity index (χ4v) is 3.37. The van der Waals surface area contributed by atoms with Crippen LogP contribution in [0.15, 0.2) is 61.1 Å². The van der Waals surface area contributed by atoms with E-state index in [0.717, 1.165) is 33.4 Å². The summed E-state index contributed by atoms with van der Waals surface area (Å²) < 4.78 is 7.65. The van der Waals surface area contributed by atoms with Crippen LogP contribution in [0.25, 0.3) is 11.0 Å². The quantitative estimate of drug-likeness (QED) is 0.508. The first-order valence-electron chi connectivity index (χ1n) is 9.44. The van der Waals surface area contributed by atoms with Crippen LogP contribution in [0.4, 0.5) is 0 Å². The summed E-state index contributed by atoms with van der Waals surface area (Å²) in [5.74, 6) is -0.0880. The third-order valence-corrected chi connectivity index (χ3v) is 4.85. The van der Waals surface area contributed by atoms with Gasteiger partial charge in [-0.05, 0) is 34.9 Å². The summed E-state index contributed by atoms with van der Waals surface area (Å²) in [6, 6.07) is 15.8. The molecule has 0 saturated carbocycles. The Morgan fingerprint density at radius 1 is 1.17 bits per heavy atom. The fraction of sp³-hybridized carbons (Fsp3) is 0.227. The number of amides is 1. The van der Waals surface area contributed by atoms with Crippen LogP contribution in [0.2, 0.25) is 0 Å². The van der Waals surface area contributed by atoms with Crippen LogP contribution < -0.4 is 5.32 Å². The van der Waals surface area contributed by atoms with E-state index in [2.05, 4.69) is 26.4 Å². The zero-order valence-corrected chi connectivity index (χ0v) is 16.4. The molecule has 4 rings (SSSR count). The molecule has 1 atom stereocenters. The average Bonchev–Trinajstić information content (AvgIpc) is 3.34. The molecular weight excluding hydrogens is 366 g/mol. The number of hydrogen-bond acceptors (Lipinski definition) is 4. The van der Waals surface area contributed by atoms with E-state index in [4.69, 9.17) is 4.74 Å². The number of rotatable bonds is 7. The number of aromatic nitrogens is 4. The molecule has 1 unspecified atom stereocenters. The maximum Gasteiger partial charge on any atom is 0.217 e. The van der Waals surface area contributed by atoms with Gasteiger partial charge in [-0.3, -0.25) is 9.48 Å². The largest absolute Gasteiger partial charge is 0.370 e. The molecule has 0 spiro atoms. The Morgan fingerprint density at radius 3 is 2.83 bits per heavy atom. The summed E-state index contributed by atoms with van der Waals surface area (Å²) in [5, 5.41) is 7.20. The zero-order valence-electron chi connectivity index (χ0n) is 16.4. The number of hydrogen-bond donors (Lipinski definition) is 2. The Morgan fingerprint density at radius 2 is 2.03 bits per heavy atom. The fourth-order valence-electron chi connectivity index (χ4n) is 3.37. The van der Waals surface area contributed by atoms with E-state index in [1.54, 1.807) is 17.2 Å². The number of ether oxygens (including phenoxy) is 1. The SMILES string of the molecule is CC(=O)NC(c1cccc(COCc2ccnn2C)c1)c1ccc2[nH]cnc2c1. The van der Waals surface area contributed by atoms with Gasteiger partial charge in [-0.1, -0.05) is 30.3 Å². The minimum Gasteiger partial charge on any atom is -0.370 e. The molecule has 0 radical (unpaired) electrons. The lowest BCUT2D eigenvalue weighted by atomic mass is 9.96. The third-order valence-electron chi connectivity index (χ3n) is 4.85. The molecule has 0 bridgehead atoms. The van der Waals surface area contributed by atoms with Gasteiger partial charge in [-0.25, -0.2) is 4.98 Å². The maximum absolute atomic E-state index is 11.9. The summed E-state index contributed by atoms with van der Waals surface area (Å²) in [6.07, 6.45) is 3.43. The van der Waals surface area contributed by atoms with Gasteiger partial charge in [0.05, 0.1) is 42.3 Å². The van der Waals surface area contributed by atoms with Crippen molar-refractivity contribution < 1.29 is 9.53 Å². The Balaban J connectivity index is 1.55. The van der Waals surface area contributed by atoms with Crippen molar-refractivity contribution in [1.29, 1.82) is 0 Å². The standard InChI is InChI=1S/C22H23N5O2/c1-15(28)26-22(18-6-7-20-21(11-18)24-14-23-20)17-5-3-4-16(10-17)12-29-13-19-8-9-25-27(19)2/h3-11,14,22H,12-13H2,1-2H3,(H,23,24)(H,26,28). The Hall–Kier alpha value is -3.45. The Bertz CT molecular complexity index is 1130. The van der Waals surface area contributed by atoms with Gasteiger partial charge in [0.25, 0.3) is 0 Å². The van der Waals surface area contributed by atoms with Crippen molar-refractivity contribution in [3.05, 3.63) is 83.4 Å². The first-order valence-corrected chi connectivity index (χ1v) is 9.44. The van der Waals surface area contributed by atoms with Gasteiger partial charge in [0.2, 0.25) is 5.91 Å². The highest BCUT2D eigenvalue weighted by atomic mass is 16.5. The second kappa shape index (κ2) is 8.28. The van der Waals surface area contributed by atoms with Gasteiger partial charge in [0.1, 0.15) is 0 Å². The summed E-state index contributed by atoms with van der Waals surface area (Å²) in [4.78, 5) is 19.3. The molecule has 0 aliphatic carbocycles. The number of nitrogens with zero attached hydrogens (tertiary/aromatic N) is 3. The van der Waals surface area contributed by atoms with Crippen LogP contribution in [0.5, 0.6) is 0 Å². The highest BCUT2D eigenvalue weighted by molar-refractivity contribution is 5.77. The lowest BCUT2D eigenvalue weighted by Crippen LogP contribution is -2.27. The van der Waals surface area contributed by atoms with E-state index in [0.29, 0.717) is 13.2 Å². The smallest absolute Gasteiger partial charge is 0.217 e. The van der Waals surface area contributed by atoms with E-state index >= 15 is 0 Å². The predicted molar refractivity (Wildman–Crippen MR) is 110 cm³/mol. The number of fused-ring (bicyclic) bond motifs is 1. The van der Waals surface area contributed by atoms with Crippen molar-refractivity contribution in [3.63, 3.8) is 0 Å². The van der Waals surface area contributed by atoms with Gasteiger partial charge in [0.15, 0.2) is 0 Å². The number of H-pyrrole nitrogens is 1. The highest BCUT2D eigenvalue weighted by Gasteiger charge is 2.17. The average molecular weight is 389 g/mol. The first-order chi connectivity index (χ1) is 14.1. The van der Waals surface area contributed by atoms with Crippen LogP contribution in [0.1, 0.15) is 35.3 Å². The number of aryl methyl sites for hydroxylation is 1. The predicted octanol–water partition coefficient (Wildman–Crippen LogP) is 3.24. The molecular formula is C22H23N5O2. The number of imidazole rings is 1. The minimum absolute atomic E-state index is 0.0880. The lowest BCUT2D eigenvalue weighted by Gasteiger charge is -2.20. The monoisotopic (exact) mass is 389 g/mol. The lowest BCUT2D eigenvalue weighted by molar-refractivity contribution is -0.119. The van der Waals surface area contributed by atoms with E-state index < -0.39 is 0 Å². The molecule has 7 heteroatoms. The van der Waals surface area contributed by atoms with Crippen LogP contribution in [0, 0.1) is 0 Å². The molecule has 2 heterocycles. The summed E-state index contributed by atoms with van der Waals surface area (Å²) >= 11 is 0. The summed E-state index contributed by atoms with van der Waals surface area (Å²) in [7, 11) is 1.90. The zero-order chi connectivity index (χ0) is 20.2. The van der Waals surface area contributed by atoms with Gasteiger partial charge in [-0.2, -0.15) is 5.10 Å². The second-order valence-corrected chi connectivity index (χ2v) is 7.00. The Labute approximate surface area is 168 Å². The highest BCUT2D eigenvalue weighted by Crippen LogP contribution is 2.25. The molecule has 2 aromatic carbocycles. The molecule has 2 N–H and O–H groups in total. The molecule has 4 aromatic rings. The topological polar surface area (TPSA) is 84.8 Å². The normalized spacial score (nSPS) is 12.2. The number of benzene rings is 2. The van der Waals surface area contributed by atoms with Crippen molar-refractivity contribution >= 4 is 16.9 Å². The molecule has 0 saturated heterocycles. The van der Waals surface area contributed by atoms with Gasteiger partial charge in [-0.15, -0.1) is 0 Å². The summed E-state index contributed by atoms with van der Waals surface area (Å²) in [6.45, 7) is 2.50. The minimum atomic E-state index is -0.259. The maximum atomic E-state index is 11.9. The van der Waals surface area contributed by atoms with Gasteiger partial charge >= 0.3 is 0 Å². The molecule has 0 aliphatic rings. The summed E-state index contributed by atoms with van der Waals surface area (Å²) in [5.41, 5.74) is 5.87. The molecule has 148 valence electrons. The van der Waals surface area contributed by atoms with E-state index in [1.165, 1.54) is 6.92 Å². The van der Waals surface area contributed by atoms with Crippen molar-refractivity contribution in [3.8, 4) is 0 Å². The van der Waals surface area contributed by atoms with Crippen LogP contribution >= 0.6 is 0 Å². The molecule has 2 aromatic heterocycles. The Kier molecular flexibility index (Phi) is 5.39. The molecule has 0 aliphatic heterocycles. The van der Waals surface area contributed by atoms with Crippen molar-refractivity contribution in [2.24, 2.45) is 7.05 Å². The van der Waals surface area contributed by atoms with Gasteiger partial charge in [0, 0.05) is 20.2 Å². The number of carbonyl (C=O) groups excluding carboxylic acids is 1.